The molecular formula is C20H29N3O3S. The van der Waals surface area contributed by atoms with Gasteiger partial charge in [-0.3, -0.25) is 0 Å². The van der Waals surface area contributed by atoms with E-state index in [4.69, 9.17) is 11.5 Å². The molecule has 0 aromatic heterocycles. The van der Waals surface area contributed by atoms with E-state index in [0.29, 0.717) is 6.42 Å². The third kappa shape index (κ3) is 5.77. The van der Waals surface area contributed by atoms with Gasteiger partial charge in [0.05, 0.1) is 11.8 Å². The molecule has 0 saturated carbocycles. The number of nitrogens with zero attached hydrogens (tertiary/aromatic N) is 1. The molecule has 0 aliphatic heterocycles. The third-order valence-electron chi connectivity index (χ3n) is 4.30. The van der Waals surface area contributed by atoms with Gasteiger partial charge in [-0.15, -0.1) is 0 Å². The molecule has 0 bridgehead atoms. The van der Waals surface area contributed by atoms with E-state index in [9.17, 15) is 13.5 Å². The summed E-state index contributed by atoms with van der Waals surface area (Å²) in [5.41, 5.74) is 13.2. The molecule has 2 aromatic carbocycles. The number of para-hydroxylation sites is 1. The van der Waals surface area contributed by atoms with Crippen LogP contribution in [0.5, 0.6) is 0 Å². The molecule has 0 amide bonds. The molecule has 0 fully saturated rings. The maximum atomic E-state index is 13.1. The number of sulfonamides is 1. The fourth-order valence-corrected chi connectivity index (χ4v) is 4.64. The van der Waals surface area contributed by atoms with Crippen LogP contribution in [-0.2, 0) is 16.4 Å². The van der Waals surface area contributed by atoms with Crippen LogP contribution in [-0.4, -0.2) is 43.1 Å². The molecule has 27 heavy (non-hydrogen) atoms. The lowest BCUT2D eigenvalue weighted by atomic mass is 10.0. The first-order valence-corrected chi connectivity index (χ1v) is 10.5. The second kappa shape index (κ2) is 9.32. The van der Waals surface area contributed by atoms with E-state index in [2.05, 4.69) is 0 Å². The summed E-state index contributed by atoms with van der Waals surface area (Å²) in [6, 6.07) is 15.4. The lowest BCUT2D eigenvalue weighted by Gasteiger charge is -2.29. The van der Waals surface area contributed by atoms with Gasteiger partial charge in [-0.25, -0.2) is 8.42 Å². The van der Waals surface area contributed by atoms with Gasteiger partial charge in [-0.2, -0.15) is 4.31 Å². The van der Waals surface area contributed by atoms with Gasteiger partial charge in [0, 0.05) is 19.1 Å². The topological polar surface area (TPSA) is 110 Å². The van der Waals surface area contributed by atoms with Gasteiger partial charge in [-0.1, -0.05) is 56.3 Å². The molecule has 2 rings (SSSR count). The number of nitrogens with two attached hydrogens (primary N) is 2. The van der Waals surface area contributed by atoms with Crippen LogP contribution in [0, 0.1) is 5.92 Å². The van der Waals surface area contributed by atoms with Crippen LogP contribution >= 0.6 is 0 Å². The highest BCUT2D eigenvalue weighted by molar-refractivity contribution is 7.89. The monoisotopic (exact) mass is 391 g/mol. The standard InChI is InChI=1S/C20H29N3O3S/c1-15(2)13-23(27(25,26)20-11-7-6-10-17(20)21)14-19(24)18(22)12-16-8-4-3-5-9-16/h3-11,15,18-19,24H,12-14,21-22H2,1-2H3. The summed E-state index contributed by atoms with van der Waals surface area (Å²) >= 11 is 0. The molecule has 0 radical (unpaired) electrons. The van der Waals surface area contributed by atoms with Crippen molar-refractivity contribution in [1.29, 1.82) is 0 Å². The van der Waals surface area contributed by atoms with Crippen LogP contribution in [0.3, 0.4) is 0 Å². The number of aliphatic hydroxyl groups excluding tert-OH is 1. The number of hydrogen-bond donors (Lipinski definition) is 3. The average molecular weight is 392 g/mol. The lowest BCUT2D eigenvalue weighted by Crippen LogP contribution is -2.47. The number of aliphatic hydroxyl groups is 1. The van der Waals surface area contributed by atoms with Gasteiger partial charge in [0.15, 0.2) is 0 Å². The summed E-state index contributed by atoms with van der Waals surface area (Å²) in [7, 11) is -3.84. The number of nitrogen functional groups attached to an aromatic ring is 1. The van der Waals surface area contributed by atoms with Crippen LogP contribution in [0.2, 0.25) is 0 Å². The second-order valence-corrected chi connectivity index (χ2v) is 9.08. The number of benzene rings is 2. The molecule has 0 saturated heterocycles. The quantitative estimate of drug-likeness (QED) is 0.565. The molecule has 2 atom stereocenters. The summed E-state index contributed by atoms with van der Waals surface area (Å²) in [4.78, 5) is 0.0504. The van der Waals surface area contributed by atoms with Crippen LogP contribution in [0.15, 0.2) is 59.5 Å². The first-order chi connectivity index (χ1) is 12.7. The molecule has 0 aliphatic rings. The molecule has 5 N–H and O–H groups in total. The normalized spacial score (nSPS) is 14.4. The molecule has 2 aromatic rings. The fraction of sp³-hybridized carbons (Fsp3) is 0.400. The molecule has 6 nitrogen and oxygen atoms in total. The number of rotatable bonds is 9. The Morgan fingerprint density at radius 1 is 1.00 bits per heavy atom. The van der Waals surface area contributed by atoms with Crippen molar-refractivity contribution in [3.05, 3.63) is 60.2 Å². The van der Waals surface area contributed by atoms with Crippen molar-refractivity contribution in [2.45, 2.75) is 37.3 Å². The predicted octanol–water partition coefficient (Wildman–Crippen LogP) is 1.85. The summed E-state index contributed by atoms with van der Waals surface area (Å²) < 4.78 is 27.5. The minimum absolute atomic E-state index is 0.0504. The van der Waals surface area contributed by atoms with E-state index in [1.54, 1.807) is 18.2 Å². The Bertz CT molecular complexity index is 825. The first kappa shape index (κ1) is 21.4. The molecule has 0 aliphatic carbocycles. The largest absolute Gasteiger partial charge is 0.398 e. The Labute approximate surface area is 161 Å². The van der Waals surface area contributed by atoms with E-state index >= 15 is 0 Å². The Kier molecular flexibility index (Phi) is 7.38. The summed E-state index contributed by atoms with van der Waals surface area (Å²) in [6.45, 7) is 4.04. The fourth-order valence-electron chi connectivity index (χ4n) is 2.90. The zero-order valence-electron chi connectivity index (χ0n) is 15.8. The SMILES string of the molecule is CC(C)CN(CC(O)C(N)Cc1ccccc1)S(=O)(=O)c1ccccc1N. The van der Waals surface area contributed by atoms with Crippen molar-refractivity contribution in [3.8, 4) is 0 Å². The van der Waals surface area contributed by atoms with E-state index in [0.717, 1.165) is 5.56 Å². The highest BCUT2D eigenvalue weighted by Crippen LogP contribution is 2.23. The molecule has 0 heterocycles. The highest BCUT2D eigenvalue weighted by atomic mass is 32.2. The van der Waals surface area contributed by atoms with Gasteiger partial charge >= 0.3 is 0 Å². The minimum Gasteiger partial charge on any atom is -0.398 e. The van der Waals surface area contributed by atoms with Crippen molar-refractivity contribution < 1.29 is 13.5 Å². The van der Waals surface area contributed by atoms with Gasteiger partial charge in [0.25, 0.3) is 0 Å². The smallest absolute Gasteiger partial charge is 0.245 e. The van der Waals surface area contributed by atoms with Crippen molar-refractivity contribution in [1.82, 2.24) is 4.31 Å². The van der Waals surface area contributed by atoms with Crippen molar-refractivity contribution in [3.63, 3.8) is 0 Å². The maximum Gasteiger partial charge on any atom is 0.245 e. The molecule has 2 unspecified atom stereocenters. The van der Waals surface area contributed by atoms with E-state index in [1.165, 1.54) is 10.4 Å². The lowest BCUT2D eigenvalue weighted by molar-refractivity contribution is 0.116. The zero-order chi connectivity index (χ0) is 20.0. The van der Waals surface area contributed by atoms with Crippen LogP contribution in [0.1, 0.15) is 19.4 Å². The minimum atomic E-state index is -3.84. The summed E-state index contributed by atoms with van der Waals surface area (Å²) in [6.07, 6.45) is -0.533. The van der Waals surface area contributed by atoms with Gasteiger partial charge in [0.1, 0.15) is 4.90 Å². The van der Waals surface area contributed by atoms with Gasteiger partial charge < -0.3 is 16.6 Å². The van der Waals surface area contributed by atoms with E-state index in [-0.39, 0.29) is 29.6 Å². The zero-order valence-corrected chi connectivity index (χ0v) is 16.6. The van der Waals surface area contributed by atoms with E-state index < -0.39 is 22.2 Å². The molecule has 0 spiro atoms. The predicted molar refractivity (Wildman–Crippen MR) is 109 cm³/mol. The number of anilines is 1. The van der Waals surface area contributed by atoms with Crippen molar-refractivity contribution in [2.24, 2.45) is 11.7 Å². The van der Waals surface area contributed by atoms with E-state index in [1.807, 2.05) is 44.2 Å². The molecular weight excluding hydrogens is 362 g/mol. The molecule has 7 heteroatoms. The van der Waals surface area contributed by atoms with Crippen LogP contribution in [0.4, 0.5) is 5.69 Å². The Morgan fingerprint density at radius 3 is 2.19 bits per heavy atom. The Hall–Kier alpha value is -1.93. The van der Waals surface area contributed by atoms with Crippen LogP contribution < -0.4 is 11.5 Å². The van der Waals surface area contributed by atoms with Gasteiger partial charge in [-0.05, 0) is 30.0 Å². The Balaban J connectivity index is 2.19. The number of hydrogen-bond acceptors (Lipinski definition) is 5. The molecule has 148 valence electrons. The van der Waals surface area contributed by atoms with Crippen molar-refractivity contribution in [2.75, 3.05) is 18.8 Å². The van der Waals surface area contributed by atoms with Crippen LogP contribution in [0.25, 0.3) is 0 Å². The first-order valence-electron chi connectivity index (χ1n) is 9.04. The average Bonchev–Trinajstić information content (AvgIpc) is 2.61. The highest BCUT2D eigenvalue weighted by Gasteiger charge is 2.30. The van der Waals surface area contributed by atoms with Gasteiger partial charge in [0.2, 0.25) is 10.0 Å². The van der Waals surface area contributed by atoms with Crippen molar-refractivity contribution >= 4 is 15.7 Å². The second-order valence-electron chi connectivity index (χ2n) is 7.17. The maximum absolute atomic E-state index is 13.1. The summed E-state index contributed by atoms with van der Waals surface area (Å²) in [5, 5.41) is 10.6. The Morgan fingerprint density at radius 2 is 1.59 bits per heavy atom. The third-order valence-corrected chi connectivity index (χ3v) is 6.21. The summed E-state index contributed by atoms with van der Waals surface area (Å²) in [5.74, 6) is 0.0854.